The number of anilines is 1. The van der Waals surface area contributed by atoms with Crippen LogP contribution >= 0.6 is 11.6 Å². The standard InChI is InChI=1S/C16H25ClN2/c1-4-18-11-13-14(17)7-5-8-15(13)19-10-6-9-16(2,3)12-19/h5,7-8,18H,4,6,9-12H2,1-3H3. The molecule has 1 aliphatic rings. The Hall–Kier alpha value is -0.730. The molecule has 0 atom stereocenters. The Morgan fingerprint density at radius 1 is 1.37 bits per heavy atom. The maximum absolute atomic E-state index is 6.39. The summed E-state index contributed by atoms with van der Waals surface area (Å²) in [6.45, 7) is 10.9. The molecule has 1 saturated heterocycles. The molecular formula is C16H25ClN2. The molecular weight excluding hydrogens is 256 g/mol. The quantitative estimate of drug-likeness (QED) is 0.894. The van der Waals surface area contributed by atoms with E-state index in [-0.39, 0.29) is 0 Å². The molecule has 0 aromatic heterocycles. The van der Waals surface area contributed by atoms with Crippen LogP contribution in [0, 0.1) is 5.41 Å². The molecule has 1 fully saturated rings. The van der Waals surface area contributed by atoms with Gasteiger partial charge in [-0.3, -0.25) is 0 Å². The van der Waals surface area contributed by atoms with Crippen LogP contribution in [0.5, 0.6) is 0 Å². The van der Waals surface area contributed by atoms with Gasteiger partial charge in [0.25, 0.3) is 0 Å². The fraction of sp³-hybridized carbons (Fsp3) is 0.625. The number of nitrogens with one attached hydrogen (secondary N) is 1. The van der Waals surface area contributed by atoms with E-state index in [1.54, 1.807) is 0 Å². The van der Waals surface area contributed by atoms with Gasteiger partial charge in [0.2, 0.25) is 0 Å². The minimum Gasteiger partial charge on any atom is -0.371 e. The lowest BCUT2D eigenvalue weighted by Crippen LogP contribution is -2.40. The number of piperidine rings is 1. The van der Waals surface area contributed by atoms with E-state index >= 15 is 0 Å². The summed E-state index contributed by atoms with van der Waals surface area (Å²) in [5.74, 6) is 0. The van der Waals surface area contributed by atoms with Crippen LogP contribution in [0.1, 0.15) is 39.2 Å². The Labute approximate surface area is 122 Å². The summed E-state index contributed by atoms with van der Waals surface area (Å²) in [5, 5.41) is 4.27. The predicted molar refractivity (Wildman–Crippen MR) is 84.1 cm³/mol. The van der Waals surface area contributed by atoms with Crippen molar-refractivity contribution in [3.05, 3.63) is 28.8 Å². The van der Waals surface area contributed by atoms with Gasteiger partial charge in [-0.1, -0.05) is 38.4 Å². The molecule has 0 spiro atoms. The number of nitrogens with zero attached hydrogens (tertiary/aromatic N) is 1. The molecule has 2 rings (SSSR count). The normalized spacial score (nSPS) is 18.6. The molecule has 1 aromatic rings. The molecule has 0 amide bonds. The van der Waals surface area contributed by atoms with Gasteiger partial charge in [-0.2, -0.15) is 0 Å². The summed E-state index contributed by atoms with van der Waals surface area (Å²) in [6.07, 6.45) is 2.58. The second kappa shape index (κ2) is 6.15. The first kappa shape index (κ1) is 14.7. The van der Waals surface area contributed by atoms with Gasteiger partial charge in [0.05, 0.1) is 0 Å². The summed E-state index contributed by atoms with van der Waals surface area (Å²) >= 11 is 6.39. The first-order valence-corrected chi connectivity index (χ1v) is 7.64. The van der Waals surface area contributed by atoms with Crippen LogP contribution in [0.4, 0.5) is 5.69 Å². The summed E-state index contributed by atoms with van der Waals surface area (Å²) < 4.78 is 0. The highest BCUT2D eigenvalue weighted by Gasteiger charge is 2.27. The van der Waals surface area contributed by atoms with Gasteiger partial charge in [0, 0.05) is 35.9 Å². The Morgan fingerprint density at radius 3 is 2.84 bits per heavy atom. The number of benzene rings is 1. The average Bonchev–Trinajstić information content (AvgIpc) is 2.36. The van der Waals surface area contributed by atoms with E-state index in [1.807, 2.05) is 6.07 Å². The van der Waals surface area contributed by atoms with Crippen molar-refractivity contribution in [2.45, 2.75) is 40.2 Å². The van der Waals surface area contributed by atoms with Gasteiger partial charge in [0.15, 0.2) is 0 Å². The molecule has 0 saturated carbocycles. The fourth-order valence-electron chi connectivity index (χ4n) is 2.90. The van der Waals surface area contributed by atoms with Gasteiger partial charge in [-0.15, -0.1) is 0 Å². The second-order valence-electron chi connectivity index (χ2n) is 6.21. The van der Waals surface area contributed by atoms with E-state index in [2.05, 4.69) is 43.1 Å². The third-order valence-corrected chi connectivity index (χ3v) is 4.24. The highest BCUT2D eigenvalue weighted by molar-refractivity contribution is 6.31. The van der Waals surface area contributed by atoms with E-state index in [9.17, 15) is 0 Å². The molecule has 19 heavy (non-hydrogen) atoms. The zero-order valence-electron chi connectivity index (χ0n) is 12.3. The van der Waals surface area contributed by atoms with Crippen molar-refractivity contribution in [3.63, 3.8) is 0 Å². The maximum Gasteiger partial charge on any atom is 0.0471 e. The van der Waals surface area contributed by atoms with Gasteiger partial charge >= 0.3 is 0 Å². The third-order valence-electron chi connectivity index (χ3n) is 3.89. The van der Waals surface area contributed by atoms with Crippen molar-refractivity contribution in [2.75, 3.05) is 24.5 Å². The van der Waals surface area contributed by atoms with Crippen molar-refractivity contribution in [3.8, 4) is 0 Å². The molecule has 0 radical (unpaired) electrons. The molecule has 1 aliphatic heterocycles. The molecule has 0 bridgehead atoms. The molecule has 1 heterocycles. The van der Waals surface area contributed by atoms with Gasteiger partial charge < -0.3 is 10.2 Å². The highest BCUT2D eigenvalue weighted by Crippen LogP contribution is 2.35. The molecule has 1 aromatic carbocycles. The summed E-state index contributed by atoms with van der Waals surface area (Å²) in [6, 6.07) is 6.27. The van der Waals surface area contributed by atoms with Gasteiger partial charge in [-0.05, 0) is 36.9 Å². The lowest BCUT2D eigenvalue weighted by molar-refractivity contribution is 0.293. The topological polar surface area (TPSA) is 15.3 Å². The first-order chi connectivity index (χ1) is 9.03. The van der Waals surface area contributed by atoms with E-state index in [0.29, 0.717) is 5.41 Å². The summed E-state index contributed by atoms with van der Waals surface area (Å²) in [7, 11) is 0. The van der Waals surface area contributed by atoms with Crippen LogP contribution in [0.3, 0.4) is 0 Å². The molecule has 3 heteroatoms. The average molecular weight is 281 g/mol. The van der Waals surface area contributed by atoms with E-state index in [4.69, 9.17) is 11.6 Å². The van der Waals surface area contributed by atoms with E-state index in [1.165, 1.54) is 24.1 Å². The van der Waals surface area contributed by atoms with Crippen LogP contribution in [0.15, 0.2) is 18.2 Å². The van der Waals surface area contributed by atoms with Crippen LogP contribution < -0.4 is 10.2 Å². The van der Waals surface area contributed by atoms with Crippen molar-refractivity contribution in [2.24, 2.45) is 5.41 Å². The molecule has 1 N–H and O–H groups in total. The zero-order chi connectivity index (χ0) is 13.9. The predicted octanol–water partition coefficient (Wildman–Crippen LogP) is 4.08. The van der Waals surface area contributed by atoms with Crippen LogP contribution in [0.25, 0.3) is 0 Å². The molecule has 2 nitrogen and oxygen atoms in total. The molecule has 106 valence electrons. The monoisotopic (exact) mass is 280 g/mol. The zero-order valence-corrected chi connectivity index (χ0v) is 13.1. The van der Waals surface area contributed by atoms with Crippen molar-refractivity contribution < 1.29 is 0 Å². The lowest BCUT2D eigenvalue weighted by Gasteiger charge is -2.40. The minimum absolute atomic E-state index is 0.399. The van der Waals surface area contributed by atoms with E-state index in [0.717, 1.165) is 31.2 Å². The van der Waals surface area contributed by atoms with Crippen molar-refractivity contribution >= 4 is 17.3 Å². The second-order valence-corrected chi connectivity index (χ2v) is 6.61. The Bertz CT molecular complexity index is 429. The smallest absolute Gasteiger partial charge is 0.0471 e. The maximum atomic E-state index is 6.39. The number of rotatable bonds is 4. The summed E-state index contributed by atoms with van der Waals surface area (Å²) in [4.78, 5) is 2.50. The Morgan fingerprint density at radius 2 is 2.16 bits per heavy atom. The Balaban J connectivity index is 2.25. The van der Waals surface area contributed by atoms with Crippen molar-refractivity contribution in [1.82, 2.24) is 5.32 Å². The fourth-order valence-corrected chi connectivity index (χ4v) is 3.13. The molecule has 0 unspecified atom stereocenters. The summed E-state index contributed by atoms with van der Waals surface area (Å²) in [5.41, 5.74) is 2.95. The largest absolute Gasteiger partial charge is 0.371 e. The number of hydrogen-bond donors (Lipinski definition) is 1. The molecule has 0 aliphatic carbocycles. The first-order valence-electron chi connectivity index (χ1n) is 7.26. The Kier molecular flexibility index (Phi) is 4.75. The van der Waals surface area contributed by atoms with Gasteiger partial charge in [0.1, 0.15) is 0 Å². The number of halogens is 1. The van der Waals surface area contributed by atoms with Crippen LogP contribution in [-0.2, 0) is 6.54 Å². The van der Waals surface area contributed by atoms with Crippen LogP contribution in [0.2, 0.25) is 5.02 Å². The highest BCUT2D eigenvalue weighted by atomic mass is 35.5. The van der Waals surface area contributed by atoms with E-state index < -0.39 is 0 Å². The third kappa shape index (κ3) is 3.64. The number of hydrogen-bond acceptors (Lipinski definition) is 2. The van der Waals surface area contributed by atoms with Crippen molar-refractivity contribution in [1.29, 1.82) is 0 Å². The van der Waals surface area contributed by atoms with Gasteiger partial charge in [-0.25, -0.2) is 0 Å². The van der Waals surface area contributed by atoms with Crippen LogP contribution in [-0.4, -0.2) is 19.6 Å². The minimum atomic E-state index is 0.399. The lowest BCUT2D eigenvalue weighted by atomic mass is 9.84. The SMILES string of the molecule is CCNCc1c(Cl)cccc1N1CCCC(C)(C)C1.